The highest BCUT2D eigenvalue weighted by atomic mass is 35.5. The van der Waals surface area contributed by atoms with Crippen LogP contribution < -0.4 is 4.90 Å². The Bertz CT molecular complexity index is 857. The van der Waals surface area contributed by atoms with Crippen molar-refractivity contribution >= 4 is 28.1 Å². The molecular formula is C20H19ClN2OS. The van der Waals surface area contributed by atoms with Gasteiger partial charge in [-0.2, -0.15) is 0 Å². The lowest BCUT2D eigenvalue weighted by atomic mass is 9.84. The number of rotatable bonds is 3. The average molecular weight is 371 g/mol. The van der Waals surface area contributed by atoms with Crippen molar-refractivity contribution in [3.8, 4) is 11.3 Å². The zero-order valence-corrected chi connectivity index (χ0v) is 15.3. The predicted octanol–water partition coefficient (Wildman–Crippen LogP) is 4.95. The lowest BCUT2D eigenvalue weighted by Gasteiger charge is -2.38. The highest BCUT2D eigenvalue weighted by Gasteiger charge is 2.36. The number of halogens is 1. The molecule has 0 bridgehead atoms. The molecule has 0 spiro atoms. The molecule has 2 aromatic carbocycles. The molecule has 1 aliphatic rings. The van der Waals surface area contributed by atoms with Crippen LogP contribution in [-0.4, -0.2) is 23.2 Å². The van der Waals surface area contributed by atoms with Crippen molar-refractivity contribution in [2.24, 2.45) is 0 Å². The van der Waals surface area contributed by atoms with Gasteiger partial charge in [0.1, 0.15) is 0 Å². The van der Waals surface area contributed by atoms with E-state index in [0.29, 0.717) is 17.9 Å². The zero-order valence-electron chi connectivity index (χ0n) is 13.7. The summed E-state index contributed by atoms with van der Waals surface area (Å²) >= 11 is 7.95. The van der Waals surface area contributed by atoms with E-state index in [2.05, 4.69) is 22.4 Å². The molecule has 1 fully saturated rings. The van der Waals surface area contributed by atoms with E-state index in [1.165, 1.54) is 0 Å². The molecule has 0 aliphatic carbocycles. The molecule has 1 aliphatic heterocycles. The Morgan fingerprint density at radius 1 is 1.00 bits per heavy atom. The van der Waals surface area contributed by atoms with Crippen LogP contribution >= 0.6 is 22.9 Å². The average Bonchev–Trinajstić information content (AvgIpc) is 3.13. The fraction of sp³-hybridized carbons (Fsp3) is 0.250. The van der Waals surface area contributed by atoms with Gasteiger partial charge in [0, 0.05) is 34.6 Å². The summed E-state index contributed by atoms with van der Waals surface area (Å²) in [5.41, 5.74) is 2.12. The van der Waals surface area contributed by atoms with Gasteiger partial charge in [0.05, 0.1) is 11.3 Å². The molecule has 3 aromatic rings. The van der Waals surface area contributed by atoms with Gasteiger partial charge in [0.25, 0.3) is 0 Å². The van der Waals surface area contributed by atoms with E-state index < -0.39 is 5.60 Å². The molecule has 3 nitrogen and oxygen atoms in total. The SMILES string of the molecule is OC1(c2ccccc2Cl)CCN(c2nc(-c3ccccc3)cs2)CC1. The number of anilines is 1. The molecule has 0 atom stereocenters. The summed E-state index contributed by atoms with van der Waals surface area (Å²) in [4.78, 5) is 7.03. The second-order valence-electron chi connectivity index (χ2n) is 6.38. The first-order chi connectivity index (χ1) is 12.2. The molecule has 0 unspecified atom stereocenters. The summed E-state index contributed by atoms with van der Waals surface area (Å²) in [6.45, 7) is 1.53. The van der Waals surface area contributed by atoms with Crippen LogP contribution in [0.5, 0.6) is 0 Å². The number of hydrogen-bond donors (Lipinski definition) is 1. The van der Waals surface area contributed by atoms with Crippen LogP contribution in [0.15, 0.2) is 60.0 Å². The van der Waals surface area contributed by atoms with Gasteiger partial charge in [0.15, 0.2) is 5.13 Å². The van der Waals surface area contributed by atoms with Gasteiger partial charge in [-0.25, -0.2) is 4.98 Å². The van der Waals surface area contributed by atoms with Gasteiger partial charge >= 0.3 is 0 Å². The van der Waals surface area contributed by atoms with Crippen LogP contribution in [0.4, 0.5) is 5.13 Å². The van der Waals surface area contributed by atoms with E-state index in [-0.39, 0.29) is 0 Å². The van der Waals surface area contributed by atoms with Gasteiger partial charge < -0.3 is 10.0 Å². The fourth-order valence-electron chi connectivity index (χ4n) is 3.33. The minimum Gasteiger partial charge on any atom is -0.385 e. The summed E-state index contributed by atoms with van der Waals surface area (Å²) in [5.74, 6) is 0. The van der Waals surface area contributed by atoms with Crippen molar-refractivity contribution in [2.75, 3.05) is 18.0 Å². The number of hydrogen-bond acceptors (Lipinski definition) is 4. The van der Waals surface area contributed by atoms with E-state index >= 15 is 0 Å². The molecule has 1 aromatic heterocycles. The monoisotopic (exact) mass is 370 g/mol. The van der Waals surface area contributed by atoms with E-state index in [9.17, 15) is 5.11 Å². The molecule has 4 rings (SSSR count). The molecular weight excluding hydrogens is 352 g/mol. The van der Waals surface area contributed by atoms with Crippen LogP contribution in [0.2, 0.25) is 5.02 Å². The Labute approximate surface area is 156 Å². The van der Waals surface area contributed by atoms with E-state index in [1.54, 1.807) is 11.3 Å². The summed E-state index contributed by atoms with van der Waals surface area (Å²) in [5, 5.41) is 14.8. The van der Waals surface area contributed by atoms with Crippen molar-refractivity contribution in [3.63, 3.8) is 0 Å². The maximum atomic E-state index is 11.0. The highest BCUT2D eigenvalue weighted by molar-refractivity contribution is 7.14. The second kappa shape index (κ2) is 6.79. The maximum Gasteiger partial charge on any atom is 0.185 e. The smallest absolute Gasteiger partial charge is 0.185 e. The predicted molar refractivity (Wildman–Crippen MR) is 104 cm³/mol. The molecule has 5 heteroatoms. The third-order valence-electron chi connectivity index (χ3n) is 4.80. The first kappa shape index (κ1) is 16.6. The van der Waals surface area contributed by atoms with Crippen molar-refractivity contribution in [1.29, 1.82) is 0 Å². The summed E-state index contributed by atoms with van der Waals surface area (Å²) in [6.07, 6.45) is 1.30. The summed E-state index contributed by atoms with van der Waals surface area (Å²) in [7, 11) is 0. The minimum atomic E-state index is -0.853. The first-order valence-electron chi connectivity index (χ1n) is 8.39. The zero-order chi connectivity index (χ0) is 17.3. The first-order valence-corrected chi connectivity index (χ1v) is 9.65. The Kier molecular flexibility index (Phi) is 4.50. The number of benzene rings is 2. The van der Waals surface area contributed by atoms with Gasteiger partial charge in [-0.05, 0) is 18.9 Å². The highest BCUT2D eigenvalue weighted by Crippen LogP contribution is 2.38. The lowest BCUT2D eigenvalue weighted by molar-refractivity contribution is 0.0119. The summed E-state index contributed by atoms with van der Waals surface area (Å²) < 4.78 is 0. The molecule has 1 saturated heterocycles. The summed E-state index contributed by atoms with van der Waals surface area (Å²) in [6, 6.07) is 17.8. The van der Waals surface area contributed by atoms with Gasteiger partial charge in [-0.15, -0.1) is 11.3 Å². The van der Waals surface area contributed by atoms with E-state index in [1.807, 2.05) is 42.5 Å². The topological polar surface area (TPSA) is 36.4 Å². The third-order valence-corrected chi connectivity index (χ3v) is 6.03. The van der Waals surface area contributed by atoms with Gasteiger partial charge in [-0.1, -0.05) is 60.1 Å². The molecule has 0 radical (unpaired) electrons. The standard InChI is InChI=1S/C20H19ClN2OS/c21-17-9-5-4-8-16(17)20(24)10-12-23(13-11-20)19-22-18(14-25-19)15-6-2-1-3-7-15/h1-9,14,24H,10-13H2. The van der Waals surface area contributed by atoms with Crippen LogP contribution in [0.1, 0.15) is 18.4 Å². The van der Waals surface area contributed by atoms with Crippen molar-refractivity contribution < 1.29 is 5.11 Å². The number of aliphatic hydroxyl groups is 1. The Morgan fingerprint density at radius 3 is 2.40 bits per heavy atom. The van der Waals surface area contributed by atoms with Gasteiger partial charge in [-0.3, -0.25) is 0 Å². The quantitative estimate of drug-likeness (QED) is 0.708. The molecule has 0 saturated carbocycles. The van der Waals surface area contributed by atoms with Crippen LogP contribution in [-0.2, 0) is 5.60 Å². The van der Waals surface area contributed by atoms with E-state index in [4.69, 9.17) is 16.6 Å². The molecule has 25 heavy (non-hydrogen) atoms. The van der Waals surface area contributed by atoms with Crippen molar-refractivity contribution in [1.82, 2.24) is 4.98 Å². The second-order valence-corrected chi connectivity index (χ2v) is 7.62. The van der Waals surface area contributed by atoms with Crippen LogP contribution in [0, 0.1) is 0 Å². The van der Waals surface area contributed by atoms with Crippen LogP contribution in [0.25, 0.3) is 11.3 Å². The van der Waals surface area contributed by atoms with Gasteiger partial charge in [0.2, 0.25) is 0 Å². The Balaban J connectivity index is 1.49. The Morgan fingerprint density at radius 2 is 1.68 bits per heavy atom. The van der Waals surface area contributed by atoms with Crippen molar-refractivity contribution in [2.45, 2.75) is 18.4 Å². The molecule has 0 amide bonds. The number of nitrogens with zero attached hydrogens (tertiary/aromatic N) is 2. The normalized spacial score (nSPS) is 16.8. The lowest BCUT2D eigenvalue weighted by Crippen LogP contribution is -2.42. The maximum absolute atomic E-state index is 11.0. The minimum absolute atomic E-state index is 0.638. The van der Waals surface area contributed by atoms with Crippen molar-refractivity contribution in [3.05, 3.63) is 70.6 Å². The molecule has 2 heterocycles. The van der Waals surface area contributed by atoms with Crippen LogP contribution in [0.3, 0.4) is 0 Å². The fourth-order valence-corrected chi connectivity index (χ4v) is 4.53. The number of thiazole rings is 1. The molecule has 1 N–H and O–H groups in total. The third kappa shape index (κ3) is 3.30. The molecule has 128 valence electrons. The number of piperidine rings is 1. The van der Waals surface area contributed by atoms with E-state index in [0.717, 1.165) is 35.0 Å². The Hall–Kier alpha value is -1.88. The number of aromatic nitrogens is 1. The largest absolute Gasteiger partial charge is 0.385 e.